The van der Waals surface area contributed by atoms with E-state index in [1.165, 1.54) is 61.8 Å². The van der Waals surface area contributed by atoms with Gasteiger partial charge in [0.05, 0.1) is 43.6 Å². The van der Waals surface area contributed by atoms with Gasteiger partial charge in [0.1, 0.15) is 11.9 Å². The molecule has 0 bridgehead atoms. The van der Waals surface area contributed by atoms with E-state index in [2.05, 4.69) is 146 Å². The number of nitrogens with one attached hydrogen (secondary N) is 7. The van der Waals surface area contributed by atoms with Gasteiger partial charge in [0, 0.05) is 87.3 Å². The summed E-state index contributed by atoms with van der Waals surface area (Å²) in [4.78, 5) is 32.9. The van der Waals surface area contributed by atoms with Gasteiger partial charge in [-0.05, 0) is 93.2 Å². The highest BCUT2D eigenvalue weighted by Gasteiger charge is 2.03. The van der Waals surface area contributed by atoms with Crippen LogP contribution in [-0.4, -0.2) is 63.1 Å². The summed E-state index contributed by atoms with van der Waals surface area (Å²) in [7, 11) is 4.56. The molecule has 2 aliphatic heterocycles. The van der Waals surface area contributed by atoms with Gasteiger partial charge in [-0.3, -0.25) is 9.98 Å². The molecule has 0 radical (unpaired) electrons. The molecule has 0 atom stereocenters. The van der Waals surface area contributed by atoms with E-state index in [0.29, 0.717) is 0 Å². The first-order valence-electron chi connectivity index (χ1n) is 27.4. The van der Waals surface area contributed by atoms with E-state index in [0.717, 1.165) is 52.5 Å². The van der Waals surface area contributed by atoms with E-state index in [9.17, 15) is 0 Å². The highest BCUT2D eigenvalue weighted by Crippen LogP contribution is 2.23. The summed E-state index contributed by atoms with van der Waals surface area (Å²) in [6, 6.07) is 58.5. The lowest BCUT2D eigenvalue weighted by Gasteiger charge is -1.97. The second-order valence-electron chi connectivity index (χ2n) is 18.6. The van der Waals surface area contributed by atoms with Crippen LogP contribution in [0.5, 0.6) is 0 Å². The van der Waals surface area contributed by atoms with Gasteiger partial charge >= 0.3 is 0 Å². The smallest absolute Gasteiger partial charge is 0.241 e. The molecule has 0 amide bonds. The molecule has 15 heteroatoms. The first-order chi connectivity index (χ1) is 41.8. The molecule has 2 aliphatic rings. The lowest BCUT2D eigenvalue weighted by Crippen LogP contribution is -2.58. The first kappa shape index (κ1) is 72.8. The van der Waals surface area contributed by atoms with Gasteiger partial charge in [-0.2, -0.15) is 13.4 Å². The number of aliphatic imine (C=N–C) groups is 2. The number of imidazole rings is 3. The fourth-order valence-electron chi connectivity index (χ4n) is 7.27. The van der Waals surface area contributed by atoms with Crippen LogP contribution < -0.4 is 14.6 Å². The number of hydrogen-bond donors (Lipinski definition) is 7. The molecule has 13 rings (SSSR count). The van der Waals surface area contributed by atoms with Gasteiger partial charge < -0.3 is 30.3 Å². The highest BCUT2D eigenvalue weighted by atomic mass is 32.4. The van der Waals surface area contributed by atoms with Crippen LogP contribution in [0.1, 0.15) is 69.0 Å². The predicted molar refractivity (Wildman–Crippen MR) is 377 cm³/mol. The summed E-state index contributed by atoms with van der Waals surface area (Å²) in [6.45, 7) is 28.2. The Morgan fingerprint density at radius 2 is 1.09 bits per heavy atom. The zero-order valence-electron chi connectivity index (χ0n) is 51.0. The monoisotopic (exact) mass is 1200 g/mol. The van der Waals surface area contributed by atoms with Crippen LogP contribution in [-0.2, 0) is 31.7 Å². The third kappa shape index (κ3) is 29.8. The van der Waals surface area contributed by atoms with Gasteiger partial charge in [-0.25, -0.2) is 19.5 Å². The van der Waals surface area contributed by atoms with Crippen LogP contribution in [0.2, 0.25) is 0 Å². The minimum absolute atomic E-state index is 0. The molecule has 0 fully saturated rings. The van der Waals surface area contributed by atoms with Gasteiger partial charge in [0.25, 0.3) is 0 Å². The maximum atomic E-state index is 6.92. The van der Waals surface area contributed by atoms with Crippen molar-refractivity contribution in [3.8, 4) is 0 Å². The Hall–Kier alpha value is -9.33. The summed E-state index contributed by atoms with van der Waals surface area (Å²) in [5, 5.41) is 8.19. The van der Waals surface area contributed by atoms with Crippen LogP contribution >= 0.6 is 21.4 Å². The van der Waals surface area contributed by atoms with Crippen LogP contribution in [0.4, 0.5) is 22.7 Å². The van der Waals surface area contributed by atoms with Crippen molar-refractivity contribution in [2.75, 3.05) is 0 Å². The molecule has 446 valence electrons. The van der Waals surface area contributed by atoms with Crippen molar-refractivity contribution in [3.63, 3.8) is 0 Å². The van der Waals surface area contributed by atoms with Crippen LogP contribution in [0, 0.1) is 53.9 Å². The quantitative estimate of drug-likeness (QED) is 0.0404. The normalized spacial score (nSPS) is 9.85. The number of aromatic amines is 4. The number of aromatic nitrogens is 7. The number of aryl methyl sites for hydroxylation is 8. The van der Waals surface area contributed by atoms with E-state index in [1.54, 1.807) is 25.0 Å². The van der Waals surface area contributed by atoms with Crippen molar-refractivity contribution >= 4 is 105 Å². The number of hydrogen-bond acceptors (Lipinski definition) is 6. The molecule has 0 spiro atoms. The van der Waals surface area contributed by atoms with Crippen LogP contribution in [0.15, 0.2) is 236 Å². The molecular weight excluding hydrogens is 1120 g/mol. The zero-order chi connectivity index (χ0) is 63.2. The SMILES string of the molecule is C.C1=Nc2ccccc2C1.C1=Nc2ccccc2C1.C=Cc1ccccc1C.Cc1c[nH]c[n+]1C.Cc1cccc(C=N)c1.Cc1cnc[nH]1.Cc1cnc[nH]1.P=S.[2H]S.[CH-]=[NH+]c1ccccc1C.[CH-]=[NH+]c1ccccc1C.c1ccc2[nH]ccc2c1. The molecule has 0 aliphatic carbocycles. The first-order valence-corrected chi connectivity index (χ1v) is 28.6. The lowest BCUT2D eigenvalue weighted by atomic mass is 10.1. The standard InChI is InChI=1S/C9H10.3C8H7N.3C8H9N.C5H8N2.2C4H6N2.CH4.HPS.H2S/c1-3-9-7-5-4-6-8(9)2;3*1-2-4-8-7(3-1)5-6-9-8;2*1-7-5-3-4-6-8(7)9-2;1-7-3-2-4-8(5-7)6-9;1-5-3-6-4-7(5)2;2*1-4-2-5-3-6-4;;1-2;/h3-7H,1H2,2H3;2*1-4,6H,5H2;1-6,9H;3*2-6,9H,1H3;3-4H,1-2H3;2*2-3H,1H3,(H,5,6);1H4;1H;1H2/p+1/i/hD. The molecule has 6 heterocycles. The summed E-state index contributed by atoms with van der Waals surface area (Å²) >= 11 is 6.67. The Morgan fingerprint density at radius 1 is 0.616 bits per heavy atom. The molecule has 86 heavy (non-hydrogen) atoms. The van der Waals surface area contributed by atoms with Crippen molar-refractivity contribution in [1.82, 2.24) is 29.9 Å². The summed E-state index contributed by atoms with van der Waals surface area (Å²) < 4.78 is 7.47. The molecule has 0 saturated heterocycles. The van der Waals surface area contributed by atoms with E-state index >= 15 is 0 Å². The fourth-order valence-corrected chi connectivity index (χ4v) is 7.27. The molecule has 7 N–H and O–H groups in total. The second kappa shape index (κ2) is 45.1. The van der Waals surface area contributed by atoms with Crippen molar-refractivity contribution in [1.29, 1.82) is 6.53 Å². The number of para-hydroxylation sites is 5. The lowest BCUT2D eigenvalue weighted by molar-refractivity contribution is -0.676. The Balaban J connectivity index is 0.000000481. The van der Waals surface area contributed by atoms with Gasteiger partial charge in [0.2, 0.25) is 6.33 Å². The van der Waals surface area contributed by atoms with Gasteiger partial charge in [-0.15, -0.1) is 0 Å². The van der Waals surface area contributed by atoms with Crippen LogP contribution in [0.25, 0.3) is 17.0 Å². The highest BCUT2D eigenvalue weighted by molar-refractivity contribution is 7.88. The van der Waals surface area contributed by atoms with Crippen molar-refractivity contribution in [2.24, 2.45) is 17.0 Å². The number of H-pyrrole nitrogens is 4. The third-order valence-electron chi connectivity index (χ3n) is 12.1. The average Bonchev–Trinajstić information content (AvgIpc) is 4.66. The third-order valence-corrected chi connectivity index (χ3v) is 12.1. The molecule has 0 unspecified atom stereocenters. The number of rotatable bonds is 4. The Kier molecular flexibility index (Phi) is 38.2. The van der Waals surface area contributed by atoms with Crippen molar-refractivity contribution in [2.45, 2.75) is 68.7 Å². The Labute approximate surface area is 526 Å². The minimum atomic E-state index is 0. The van der Waals surface area contributed by atoms with E-state index in [-0.39, 0.29) is 7.43 Å². The summed E-state index contributed by atoms with van der Waals surface area (Å²) in [6.07, 6.45) is 21.8. The molecule has 11 aromatic rings. The molecule has 12 nitrogen and oxygen atoms in total. The largest absolute Gasteiger partial charge is 0.380 e. The average molecular weight is 1200 g/mol. The van der Waals surface area contributed by atoms with Gasteiger partial charge in [0.15, 0.2) is 0 Å². The fraction of sp³-hybridized carbons (Fsp3) is 0.155. The topological polar surface area (TPSA) is 169 Å². The number of fused-ring (bicyclic) bond motifs is 3. The Bertz CT molecular complexity index is 3400. The summed E-state index contributed by atoms with van der Waals surface area (Å²) in [5.74, 6) is 0. The molecule has 7 aromatic carbocycles. The van der Waals surface area contributed by atoms with E-state index < -0.39 is 0 Å². The zero-order valence-corrected chi connectivity index (χ0v) is 52.7. The molecular formula is C71H86N12PS2+. The van der Waals surface area contributed by atoms with E-state index in [4.69, 9.17) is 20.0 Å². The van der Waals surface area contributed by atoms with E-state index in [1.807, 2.05) is 217 Å². The Morgan fingerprint density at radius 3 is 1.43 bits per heavy atom. The minimum Gasteiger partial charge on any atom is -0.380 e. The van der Waals surface area contributed by atoms with Crippen molar-refractivity contribution in [3.05, 3.63) is 288 Å². The maximum absolute atomic E-state index is 6.92. The number of benzene rings is 7. The maximum Gasteiger partial charge on any atom is 0.241 e. The van der Waals surface area contributed by atoms with Crippen molar-refractivity contribution < 1.29 is 14.6 Å². The molecule has 4 aromatic heterocycles. The van der Waals surface area contributed by atoms with Gasteiger partial charge in [-0.1, -0.05) is 214 Å². The van der Waals surface area contributed by atoms with Crippen LogP contribution in [0.3, 0.4) is 0 Å². The summed E-state index contributed by atoms with van der Waals surface area (Å²) in [5.41, 5.74) is 18.6. The predicted octanol–water partition coefficient (Wildman–Crippen LogP) is 14.2. The number of nitrogens with zero attached hydrogens (tertiary/aromatic N) is 5. The second-order valence-corrected chi connectivity index (χ2v) is 18.6. The molecule has 0 saturated carbocycles.